The summed E-state index contributed by atoms with van der Waals surface area (Å²) in [4.78, 5) is 0. The van der Waals surface area contributed by atoms with Gasteiger partial charge in [0.25, 0.3) is 0 Å². The Morgan fingerprint density at radius 2 is 1.81 bits per heavy atom. The number of rotatable bonds is 9. The number of hydrogen-bond donors (Lipinski definition) is 2. The number of unbranched alkanes of at least 4 members (excludes halogenated alkanes) is 5. The van der Waals surface area contributed by atoms with E-state index in [-0.39, 0.29) is 6.61 Å². The molecule has 1 unspecified atom stereocenters. The molecule has 0 amide bonds. The van der Waals surface area contributed by atoms with Crippen LogP contribution in [0.3, 0.4) is 0 Å². The zero-order chi connectivity index (χ0) is 14.9. The highest BCUT2D eigenvalue weighted by molar-refractivity contribution is 5.47. The fourth-order valence-electron chi connectivity index (χ4n) is 2.90. The average Bonchev–Trinajstić information content (AvgIpc) is 3.00. The first kappa shape index (κ1) is 16.3. The van der Waals surface area contributed by atoms with Crippen molar-refractivity contribution in [1.82, 2.24) is 5.43 Å². The summed E-state index contributed by atoms with van der Waals surface area (Å²) in [7, 11) is 0. The van der Waals surface area contributed by atoms with Crippen LogP contribution in [0.2, 0.25) is 0 Å². The Kier molecular flexibility index (Phi) is 7.04. The van der Waals surface area contributed by atoms with Gasteiger partial charge in [-0.15, -0.1) is 0 Å². The molecule has 2 N–H and O–H groups in total. The molecule has 2 rings (SSSR count). The molecule has 3 heteroatoms. The van der Waals surface area contributed by atoms with Crippen LogP contribution in [-0.2, 0) is 6.42 Å². The molecule has 1 aliphatic rings. The number of hydrazine groups is 1. The van der Waals surface area contributed by atoms with Crippen molar-refractivity contribution in [2.45, 2.75) is 51.9 Å². The molecule has 0 spiro atoms. The first-order valence-electron chi connectivity index (χ1n) is 8.54. The fraction of sp³-hybridized carbons (Fsp3) is 0.667. The van der Waals surface area contributed by atoms with E-state index in [1.54, 1.807) is 0 Å². The van der Waals surface area contributed by atoms with Crippen LogP contribution in [0.15, 0.2) is 24.3 Å². The van der Waals surface area contributed by atoms with Crippen molar-refractivity contribution >= 4 is 5.69 Å². The van der Waals surface area contributed by atoms with Crippen LogP contribution in [0.4, 0.5) is 5.69 Å². The van der Waals surface area contributed by atoms with Gasteiger partial charge in [0.15, 0.2) is 0 Å². The Hall–Kier alpha value is -1.06. The summed E-state index contributed by atoms with van der Waals surface area (Å²) in [5, 5.41) is 11.3. The maximum absolute atomic E-state index is 9.18. The van der Waals surface area contributed by atoms with Gasteiger partial charge < -0.3 is 10.1 Å². The smallest absolute Gasteiger partial charge is 0.0519 e. The first-order valence-corrected chi connectivity index (χ1v) is 8.54. The van der Waals surface area contributed by atoms with E-state index in [1.807, 2.05) is 0 Å². The summed E-state index contributed by atoms with van der Waals surface area (Å²) in [5.41, 5.74) is 5.98. The maximum atomic E-state index is 9.18. The van der Waals surface area contributed by atoms with Crippen LogP contribution >= 0.6 is 0 Å². The molecule has 0 bridgehead atoms. The standard InChI is InChI=1S/C18H30N2O/c1-2-3-4-5-6-7-8-16-9-11-18(12-10-16)20-14-17(15-21)13-19-20/h9-12,17,19,21H,2-8,13-15H2,1H3. The minimum atomic E-state index is 0.264. The van der Waals surface area contributed by atoms with Gasteiger partial charge in [-0.3, -0.25) is 0 Å². The lowest BCUT2D eigenvalue weighted by molar-refractivity contribution is 0.244. The van der Waals surface area contributed by atoms with Gasteiger partial charge in [0.1, 0.15) is 0 Å². The number of anilines is 1. The molecular weight excluding hydrogens is 260 g/mol. The number of benzene rings is 1. The normalized spacial score (nSPS) is 18.4. The highest BCUT2D eigenvalue weighted by atomic mass is 16.3. The quantitative estimate of drug-likeness (QED) is 0.683. The molecule has 21 heavy (non-hydrogen) atoms. The van der Waals surface area contributed by atoms with Crippen LogP contribution < -0.4 is 10.4 Å². The predicted octanol–water partition coefficient (Wildman–Crippen LogP) is 3.52. The summed E-state index contributed by atoms with van der Waals surface area (Å²) in [6, 6.07) is 8.88. The van der Waals surface area contributed by atoms with Crippen molar-refractivity contribution < 1.29 is 5.11 Å². The summed E-state index contributed by atoms with van der Waals surface area (Å²) in [6.45, 7) is 4.29. The molecule has 1 aromatic rings. The SMILES string of the molecule is CCCCCCCCc1ccc(N2CC(CO)CN2)cc1. The molecule has 1 saturated heterocycles. The summed E-state index contributed by atoms with van der Waals surface area (Å²) >= 11 is 0. The van der Waals surface area contributed by atoms with E-state index < -0.39 is 0 Å². The number of nitrogens with zero attached hydrogens (tertiary/aromatic N) is 1. The maximum Gasteiger partial charge on any atom is 0.0519 e. The summed E-state index contributed by atoms with van der Waals surface area (Å²) in [5.74, 6) is 0.354. The van der Waals surface area contributed by atoms with Crippen LogP contribution in [0, 0.1) is 5.92 Å². The van der Waals surface area contributed by atoms with E-state index in [9.17, 15) is 5.11 Å². The van der Waals surface area contributed by atoms with Gasteiger partial charge in [-0.1, -0.05) is 51.2 Å². The highest BCUT2D eigenvalue weighted by Crippen LogP contribution is 2.19. The Morgan fingerprint density at radius 1 is 1.10 bits per heavy atom. The molecule has 0 aliphatic carbocycles. The minimum Gasteiger partial charge on any atom is -0.396 e. The minimum absolute atomic E-state index is 0.264. The largest absolute Gasteiger partial charge is 0.396 e. The number of nitrogens with one attached hydrogen (secondary N) is 1. The second kappa shape index (κ2) is 9.06. The van der Waals surface area contributed by atoms with E-state index in [0.717, 1.165) is 13.1 Å². The lowest BCUT2D eigenvalue weighted by Gasteiger charge is -2.18. The van der Waals surface area contributed by atoms with Crippen LogP contribution in [0.25, 0.3) is 0 Å². The molecule has 0 radical (unpaired) electrons. The molecule has 0 aromatic heterocycles. The monoisotopic (exact) mass is 290 g/mol. The Labute approximate surface area is 129 Å². The van der Waals surface area contributed by atoms with Crippen molar-refractivity contribution in [3.8, 4) is 0 Å². The molecule has 1 aromatic carbocycles. The Morgan fingerprint density at radius 3 is 2.48 bits per heavy atom. The first-order chi connectivity index (χ1) is 10.3. The van der Waals surface area contributed by atoms with Gasteiger partial charge in [-0.2, -0.15) is 0 Å². The third-order valence-corrected chi connectivity index (χ3v) is 4.34. The fourth-order valence-corrected chi connectivity index (χ4v) is 2.90. The molecule has 3 nitrogen and oxygen atoms in total. The summed E-state index contributed by atoms with van der Waals surface area (Å²) in [6.07, 6.45) is 9.33. The second-order valence-corrected chi connectivity index (χ2v) is 6.21. The van der Waals surface area contributed by atoms with Crippen molar-refractivity contribution in [1.29, 1.82) is 0 Å². The van der Waals surface area contributed by atoms with Crippen molar-refractivity contribution in [3.63, 3.8) is 0 Å². The Balaban J connectivity index is 1.70. The molecule has 1 aliphatic heterocycles. The van der Waals surface area contributed by atoms with E-state index in [0.29, 0.717) is 5.92 Å². The van der Waals surface area contributed by atoms with E-state index >= 15 is 0 Å². The lowest BCUT2D eigenvalue weighted by atomic mass is 10.0. The van der Waals surface area contributed by atoms with Gasteiger partial charge in [-0.05, 0) is 30.5 Å². The van der Waals surface area contributed by atoms with Crippen LogP contribution in [0.5, 0.6) is 0 Å². The van der Waals surface area contributed by atoms with E-state index in [1.165, 1.54) is 56.2 Å². The number of hydrogen-bond acceptors (Lipinski definition) is 3. The molecule has 0 saturated carbocycles. The predicted molar refractivity (Wildman–Crippen MR) is 89.4 cm³/mol. The van der Waals surface area contributed by atoms with Crippen LogP contribution in [-0.4, -0.2) is 24.8 Å². The molecule has 1 heterocycles. The highest BCUT2D eigenvalue weighted by Gasteiger charge is 2.21. The molecule has 1 fully saturated rings. The summed E-state index contributed by atoms with van der Waals surface area (Å²) < 4.78 is 0. The third kappa shape index (κ3) is 5.33. The topological polar surface area (TPSA) is 35.5 Å². The number of aliphatic hydroxyl groups is 1. The van der Waals surface area contributed by atoms with Crippen molar-refractivity contribution in [2.24, 2.45) is 5.92 Å². The Bertz CT molecular complexity index is 391. The number of aliphatic hydroxyl groups excluding tert-OH is 1. The number of aryl methyl sites for hydroxylation is 1. The zero-order valence-electron chi connectivity index (χ0n) is 13.4. The lowest BCUT2D eigenvalue weighted by Crippen LogP contribution is -2.30. The van der Waals surface area contributed by atoms with Gasteiger partial charge in [0.2, 0.25) is 0 Å². The van der Waals surface area contributed by atoms with Gasteiger partial charge >= 0.3 is 0 Å². The average molecular weight is 290 g/mol. The zero-order valence-corrected chi connectivity index (χ0v) is 13.4. The van der Waals surface area contributed by atoms with E-state index in [2.05, 4.69) is 41.6 Å². The van der Waals surface area contributed by atoms with Crippen molar-refractivity contribution in [2.75, 3.05) is 24.7 Å². The van der Waals surface area contributed by atoms with Gasteiger partial charge in [-0.25, -0.2) is 5.43 Å². The molecule has 1 atom stereocenters. The molecular formula is C18H30N2O. The van der Waals surface area contributed by atoms with Crippen molar-refractivity contribution in [3.05, 3.63) is 29.8 Å². The van der Waals surface area contributed by atoms with Gasteiger partial charge in [0.05, 0.1) is 5.69 Å². The molecule has 118 valence electrons. The van der Waals surface area contributed by atoms with Crippen LogP contribution in [0.1, 0.15) is 51.0 Å². The van der Waals surface area contributed by atoms with E-state index in [4.69, 9.17) is 0 Å². The third-order valence-electron chi connectivity index (χ3n) is 4.34. The van der Waals surface area contributed by atoms with Gasteiger partial charge in [0, 0.05) is 25.6 Å². The second-order valence-electron chi connectivity index (χ2n) is 6.21.